The van der Waals surface area contributed by atoms with E-state index in [1.165, 1.54) is 12.1 Å². The molecule has 13 nitrogen and oxygen atoms in total. The van der Waals surface area contributed by atoms with Gasteiger partial charge in [-0.3, -0.25) is 19.2 Å². The van der Waals surface area contributed by atoms with E-state index in [0.29, 0.717) is 125 Å². The number of carboxylic acids is 4. The molecule has 59 heavy (non-hydrogen) atoms. The van der Waals surface area contributed by atoms with Gasteiger partial charge in [-0.25, -0.2) is 0 Å². The number of aromatic hydroxyl groups is 4. The fourth-order valence-corrected chi connectivity index (χ4v) is 7.18. The van der Waals surface area contributed by atoms with Crippen LogP contribution in [0.15, 0.2) is 18.2 Å². The molecule has 0 fully saturated rings. The van der Waals surface area contributed by atoms with Gasteiger partial charge in [0.15, 0.2) is 11.5 Å². The maximum absolute atomic E-state index is 12.7. The summed E-state index contributed by atoms with van der Waals surface area (Å²) in [5, 5.41) is 81.0. The number of aryl methyl sites for hydroxylation is 1. The molecule has 0 amide bonds. The van der Waals surface area contributed by atoms with Gasteiger partial charge in [0.1, 0.15) is 18.1 Å². The van der Waals surface area contributed by atoms with Gasteiger partial charge in [-0.2, -0.15) is 0 Å². The Balaban J connectivity index is 2.15. The van der Waals surface area contributed by atoms with Crippen LogP contribution in [0.1, 0.15) is 161 Å². The predicted octanol–water partition coefficient (Wildman–Crippen LogP) is 9.64. The van der Waals surface area contributed by atoms with E-state index in [9.17, 15) is 60.0 Å². The van der Waals surface area contributed by atoms with Gasteiger partial charge in [-0.05, 0) is 149 Å². The lowest BCUT2D eigenvalue weighted by atomic mass is 9.84. The number of phenols is 4. The highest BCUT2D eigenvalue weighted by Gasteiger charge is 2.35. The third-order valence-corrected chi connectivity index (χ3v) is 12.0. The standard InChI is InChI=1S/C46H70O13/c1-43(2,39(51)52)24-14-8-11-20-32-33(21-13-17-26-45(5,6)41(55)56)36(23-22-34(32)47)59-29-46(7,42(57)58)27-15-9-10-19-31-30(28-35(48)38(50)37(31)49)18-12-16-25-44(3,4)40(53)54/h22-23,28,47-50H,8-21,24-27,29H2,1-7H3,(H,51,52)(H,53,54)(H,55,56)(H,57,58). The summed E-state index contributed by atoms with van der Waals surface area (Å²) in [5.74, 6) is -4.55. The second-order valence-electron chi connectivity index (χ2n) is 18.5. The Morgan fingerprint density at radius 2 is 0.898 bits per heavy atom. The summed E-state index contributed by atoms with van der Waals surface area (Å²) >= 11 is 0. The van der Waals surface area contributed by atoms with E-state index >= 15 is 0 Å². The summed E-state index contributed by atoms with van der Waals surface area (Å²) in [5.41, 5.74) is -1.30. The number of carboxylic acid groups (broad SMARTS) is 4. The highest BCUT2D eigenvalue weighted by Crippen LogP contribution is 2.42. The fraction of sp³-hybridized carbons (Fsp3) is 0.652. The number of hydrogen-bond donors (Lipinski definition) is 8. The number of ether oxygens (including phenoxy) is 1. The first-order valence-electron chi connectivity index (χ1n) is 21.0. The molecule has 1 unspecified atom stereocenters. The minimum absolute atomic E-state index is 0.0864. The quantitative estimate of drug-likeness (QED) is 0.0282. The van der Waals surface area contributed by atoms with E-state index < -0.39 is 62.8 Å². The molecule has 2 aromatic rings. The zero-order valence-electron chi connectivity index (χ0n) is 36.3. The summed E-state index contributed by atoms with van der Waals surface area (Å²) in [7, 11) is 0. The molecular weight excluding hydrogens is 760 g/mol. The molecule has 0 heterocycles. The number of phenolic OH excluding ortho intramolecular Hbond substituents is 4. The molecular formula is C46H70O13. The van der Waals surface area contributed by atoms with Crippen LogP contribution in [0.5, 0.6) is 28.7 Å². The van der Waals surface area contributed by atoms with Crippen molar-refractivity contribution in [3.63, 3.8) is 0 Å². The lowest BCUT2D eigenvalue weighted by Gasteiger charge is -2.26. The number of unbranched alkanes of at least 4 members (excludes halogenated alkanes) is 6. The van der Waals surface area contributed by atoms with Crippen LogP contribution in [0.3, 0.4) is 0 Å². The molecule has 0 bridgehead atoms. The molecule has 8 N–H and O–H groups in total. The van der Waals surface area contributed by atoms with Crippen molar-refractivity contribution >= 4 is 23.9 Å². The molecule has 0 aliphatic heterocycles. The molecule has 0 aromatic heterocycles. The highest BCUT2D eigenvalue weighted by molar-refractivity contribution is 5.75. The average molecular weight is 831 g/mol. The second-order valence-corrected chi connectivity index (χ2v) is 18.5. The normalized spacial score (nSPS) is 13.2. The number of aliphatic carboxylic acids is 4. The largest absolute Gasteiger partial charge is 0.508 e. The smallest absolute Gasteiger partial charge is 0.312 e. The Morgan fingerprint density at radius 1 is 0.475 bits per heavy atom. The van der Waals surface area contributed by atoms with Crippen molar-refractivity contribution in [3.05, 3.63) is 40.5 Å². The van der Waals surface area contributed by atoms with Crippen LogP contribution in [-0.2, 0) is 44.9 Å². The lowest BCUT2D eigenvalue weighted by molar-refractivity contribution is -0.150. The monoisotopic (exact) mass is 830 g/mol. The van der Waals surface area contributed by atoms with Crippen molar-refractivity contribution in [1.29, 1.82) is 0 Å². The minimum atomic E-state index is -1.27. The number of hydrogen-bond acceptors (Lipinski definition) is 9. The lowest BCUT2D eigenvalue weighted by Crippen LogP contribution is -2.34. The van der Waals surface area contributed by atoms with Gasteiger partial charge in [0.05, 0.1) is 21.7 Å². The zero-order chi connectivity index (χ0) is 44.8. The summed E-state index contributed by atoms with van der Waals surface area (Å²) in [6.07, 6.45) is 9.77. The van der Waals surface area contributed by atoms with Gasteiger partial charge in [0.2, 0.25) is 5.75 Å². The third kappa shape index (κ3) is 15.1. The SMILES string of the molecule is CC(C)(CCCCCc1c(O)ccc(OCC(C)(CCCCCc2c(CCCCC(C)(C)C(=O)O)cc(O)c(O)c2O)C(=O)O)c1CCCCC(C)(C)C(=O)O)C(=O)O. The zero-order valence-corrected chi connectivity index (χ0v) is 36.3. The van der Waals surface area contributed by atoms with Gasteiger partial charge >= 0.3 is 23.9 Å². The van der Waals surface area contributed by atoms with Crippen molar-refractivity contribution in [2.45, 2.75) is 164 Å². The van der Waals surface area contributed by atoms with Gasteiger partial charge in [-0.1, -0.05) is 38.5 Å². The van der Waals surface area contributed by atoms with Crippen LogP contribution < -0.4 is 4.74 Å². The molecule has 0 spiro atoms. The van der Waals surface area contributed by atoms with Gasteiger partial charge in [0.25, 0.3) is 0 Å². The van der Waals surface area contributed by atoms with E-state index in [0.717, 1.165) is 12.0 Å². The van der Waals surface area contributed by atoms with E-state index in [1.807, 2.05) is 0 Å². The van der Waals surface area contributed by atoms with Crippen LogP contribution in [-0.4, -0.2) is 71.3 Å². The van der Waals surface area contributed by atoms with Gasteiger partial charge in [-0.15, -0.1) is 0 Å². The van der Waals surface area contributed by atoms with Crippen LogP contribution >= 0.6 is 0 Å². The number of rotatable bonds is 29. The molecule has 0 saturated carbocycles. The molecule has 0 saturated heterocycles. The number of benzene rings is 2. The summed E-state index contributed by atoms with van der Waals surface area (Å²) < 4.78 is 6.29. The van der Waals surface area contributed by atoms with E-state index in [2.05, 4.69) is 0 Å². The van der Waals surface area contributed by atoms with Crippen molar-refractivity contribution < 1.29 is 64.8 Å². The topological polar surface area (TPSA) is 239 Å². The second kappa shape index (κ2) is 22.1. The molecule has 0 aliphatic rings. The van der Waals surface area contributed by atoms with Crippen LogP contribution in [0, 0.1) is 21.7 Å². The third-order valence-electron chi connectivity index (χ3n) is 12.0. The minimum Gasteiger partial charge on any atom is -0.508 e. The van der Waals surface area contributed by atoms with Gasteiger partial charge < -0.3 is 45.6 Å². The van der Waals surface area contributed by atoms with Crippen molar-refractivity contribution in [3.8, 4) is 28.7 Å². The summed E-state index contributed by atoms with van der Waals surface area (Å²) in [6, 6.07) is 4.60. The Hall–Kier alpha value is -4.68. The summed E-state index contributed by atoms with van der Waals surface area (Å²) in [6.45, 7) is 11.5. The number of carbonyl (C=O) groups is 4. The Bertz CT molecular complexity index is 1740. The van der Waals surface area contributed by atoms with Crippen molar-refractivity contribution in [2.24, 2.45) is 21.7 Å². The molecule has 1 atom stereocenters. The Kier molecular flexibility index (Phi) is 18.9. The fourth-order valence-electron chi connectivity index (χ4n) is 7.18. The molecule has 13 heteroatoms. The highest BCUT2D eigenvalue weighted by atomic mass is 16.5. The molecule has 2 aromatic carbocycles. The summed E-state index contributed by atoms with van der Waals surface area (Å²) in [4.78, 5) is 47.4. The molecule has 2 rings (SSSR count). The average Bonchev–Trinajstić information content (AvgIpc) is 3.14. The maximum Gasteiger partial charge on any atom is 0.312 e. The van der Waals surface area contributed by atoms with E-state index in [1.54, 1.807) is 54.5 Å². The Labute approximate surface area is 349 Å². The van der Waals surface area contributed by atoms with E-state index in [-0.39, 0.29) is 18.8 Å². The van der Waals surface area contributed by atoms with Crippen LogP contribution in [0.25, 0.3) is 0 Å². The first-order valence-corrected chi connectivity index (χ1v) is 21.0. The van der Waals surface area contributed by atoms with Crippen molar-refractivity contribution in [1.82, 2.24) is 0 Å². The first-order chi connectivity index (χ1) is 27.4. The predicted molar refractivity (Wildman–Crippen MR) is 224 cm³/mol. The van der Waals surface area contributed by atoms with Crippen LogP contribution in [0.2, 0.25) is 0 Å². The Morgan fingerprint density at radius 3 is 1.39 bits per heavy atom. The first kappa shape index (κ1) is 50.5. The van der Waals surface area contributed by atoms with Crippen molar-refractivity contribution in [2.75, 3.05) is 6.61 Å². The molecule has 0 aliphatic carbocycles. The molecule has 0 radical (unpaired) electrons. The van der Waals surface area contributed by atoms with E-state index in [4.69, 9.17) is 4.74 Å². The van der Waals surface area contributed by atoms with Gasteiger partial charge in [0, 0.05) is 16.7 Å². The molecule has 332 valence electrons. The maximum atomic E-state index is 12.7. The van der Waals surface area contributed by atoms with Crippen LogP contribution in [0.4, 0.5) is 0 Å².